The first-order valence-electron chi connectivity index (χ1n) is 6.91. The van der Waals surface area contributed by atoms with E-state index in [1.165, 1.54) is 24.3 Å². The molecule has 1 aromatic heterocycles. The second-order valence-electron chi connectivity index (χ2n) is 6.12. The Balaban J connectivity index is 2.39. The van der Waals surface area contributed by atoms with Crippen molar-refractivity contribution in [3.05, 3.63) is 22.4 Å². The number of hydrogen-bond acceptors (Lipinski definition) is 3. The molecule has 0 aromatic carbocycles. The van der Waals surface area contributed by atoms with Gasteiger partial charge in [-0.25, -0.2) is 0 Å². The fourth-order valence-corrected chi connectivity index (χ4v) is 2.71. The van der Waals surface area contributed by atoms with Crippen LogP contribution in [0.2, 0.25) is 0 Å². The van der Waals surface area contributed by atoms with Crippen molar-refractivity contribution in [2.24, 2.45) is 11.1 Å². The molecule has 2 N–H and O–H groups in total. The first-order chi connectivity index (χ1) is 8.44. The predicted molar refractivity (Wildman–Crippen MR) is 81.9 cm³/mol. The molecule has 0 aliphatic carbocycles. The van der Waals surface area contributed by atoms with Gasteiger partial charge in [0.2, 0.25) is 0 Å². The van der Waals surface area contributed by atoms with Crippen molar-refractivity contribution in [3.8, 4) is 0 Å². The summed E-state index contributed by atoms with van der Waals surface area (Å²) in [4.78, 5) is 4.01. The third kappa shape index (κ3) is 5.51. The molecule has 0 aliphatic heterocycles. The van der Waals surface area contributed by atoms with Gasteiger partial charge in [0.15, 0.2) is 0 Å². The van der Waals surface area contributed by atoms with Gasteiger partial charge in [0, 0.05) is 17.5 Å². The van der Waals surface area contributed by atoms with Gasteiger partial charge in [-0.2, -0.15) is 0 Å². The topological polar surface area (TPSA) is 29.3 Å². The first-order valence-corrected chi connectivity index (χ1v) is 7.79. The van der Waals surface area contributed by atoms with Crippen LogP contribution in [0.3, 0.4) is 0 Å². The third-order valence-electron chi connectivity index (χ3n) is 3.52. The average Bonchev–Trinajstić information content (AvgIpc) is 2.80. The fourth-order valence-electron chi connectivity index (χ4n) is 1.99. The molecule has 0 saturated carbocycles. The Bertz CT molecular complexity index is 317. The molecule has 1 aromatic rings. The lowest BCUT2D eigenvalue weighted by Gasteiger charge is -2.28. The summed E-state index contributed by atoms with van der Waals surface area (Å²) in [6.07, 6.45) is 2.44. The van der Waals surface area contributed by atoms with E-state index in [0.29, 0.717) is 6.04 Å². The van der Waals surface area contributed by atoms with E-state index in [-0.39, 0.29) is 5.41 Å². The Kier molecular flexibility index (Phi) is 6.33. The SMILES string of the molecule is CC(C)N(CCCC(C)(C)CN)Cc1cccs1. The van der Waals surface area contributed by atoms with Gasteiger partial charge in [-0.05, 0) is 56.6 Å². The van der Waals surface area contributed by atoms with Gasteiger partial charge in [-0.1, -0.05) is 19.9 Å². The Morgan fingerprint density at radius 2 is 2.11 bits per heavy atom. The summed E-state index contributed by atoms with van der Waals surface area (Å²) >= 11 is 1.85. The quantitative estimate of drug-likeness (QED) is 0.778. The van der Waals surface area contributed by atoms with E-state index in [2.05, 4.69) is 50.1 Å². The lowest BCUT2D eigenvalue weighted by Crippen LogP contribution is -2.32. The zero-order valence-electron chi connectivity index (χ0n) is 12.3. The molecule has 0 amide bonds. The standard InChI is InChI=1S/C15H28N2S/c1-13(2)17(11-14-7-5-10-18-14)9-6-8-15(3,4)12-16/h5,7,10,13H,6,8-9,11-12,16H2,1-4H3. The number of rotatable bonds is 8. The van der Waals surface area contributed by atoms with Crippen LogP contribution in [0.5, 0.6) is 0 Å². The molecular weight excluding hydrogens is 240 g/mol. The van der Waals surface area contributed by atoms with Crippen molar-refractivity contribution in [2.75, 3.05) is 13.1 Å². The maximum absolute atomic E-state index is 5.78. The molecule has 3 heteroatoms. The van der Waals surface area contributed by atoms with Crippen LogP contribution < -0.4 is 5.73 Å². The summed E-state index contributed by atoms with van der Waals surface area (Å²) in [5.74, 6) is 0. The molecule has 0 bridgehead atoms. The number of nitrogens with two attached hydrogens (primary N) is 1. The van der Waals surface area contributed by atoms with Crippen molar-refractivity contribution in [3.63, 3.8) is 0 Å². The molecular formula is C15H28N2S. The highest BCUT2D eigenvalue weighted by atomic mass is 32.1. The maximum Gasteiger partial charge on any atom is 0.0330 e. The Morgan fingerprint density at radius 3 is 2.61 bits per heavy atom. The fraction of sp³-hybridized carbons (Fsp3) is 0.733. The molecule has 0 spiro atoms. The summed E-state index contributed by atoms with van der Waals surface area (Å²) < 4.78 is 0. The normalized spacial score (nSPS) is 12.6. The second kappa shape index (κ2) is 7.27. The van der Waals surface area contributed by atoms with E-state index >= 15 is 0 Å². The Hall–Kier alpha value is -0.380. The van der Waals surface area contributed by atoms with Crippen LogP contribution in [0.15, 0.2) is 17.5 Å². The third-order valence-corrected chi connectivity index (χ3v) is 4.38. The molecule has 1 heterocycles. The second-order valence-corrected chi connectivity index (χ2v) is 7.15. The molecule has 1 rings (SSSR count). The molecule has 0 fully saturated rings. The van der Waals surface area contributed by atoms with E-state index in [9.17, 15) is 0 Å². The zero-order valence-corrected chi connectivity index (χ0v) is 13.1. The molecule has 0 unspecified atom stereocenters. The van der Waals surface area contributed by atoms with Gasteiger partial charge >= 0.3 is 0 Å². The van der Waals surface area contributed by atoms with Crippen LogP contribution in [-0.2, 0) is 6.54 Å². The number of thiophene rings is 1. The summed E-state index contributed by atoms with van der Waals surface area (Å²) in [5, 5.41) is 2.16. The minimum absolute atomic E-state index is 0.283. The van der Waals surface area contributed by atoms with Crippen molar-refractivity contribution in [1.82, 2.24) is 4.90 Å². The van der Waals surface area contributed by atoms with E-state index in [1.807, 2.05) is 11.3 Å². The summed E-state index contributed by atoms with van der Waals surface area (Å²) in [6.45, 7) is 12.1. The predicted octanol–water partition coefficient (Wildman–Crippen LogP) is 3.72. The maximum atomic E-state index is 5.78. The number of hydrogen-bond donors (Lipinski definition) is 1. The lowest BCUT2D eigenvalue weighted by atomic mass is 9.88. The van der Waals surface area contributed by atoms with Crippen molar-refractivity contribution >= 4 is 11.3 Å². The highest BCUT2D eigenvalue weighted by Crippen LogP contribution is 2.21. The van der Waals surface area contributed by atoms with Crippen LogP contribution in [0.4, 0.5) is 0 Å². The average molecular weight is 268 g/mol. The Morgan fingerprint density at radius 1 is 1.39 bits per heavy atom. The number of nitrogens with zero attached hydrogens (tertiary/aromatic N) is 1. The zero-order chi connectivity index (χ0) is 13.6. The first kappa shape index (κ1) is 15.7. The smallest absolute Gasteiger partial charge is 0.0330 e. The summed E-state index contributed by atoms with van der Waals surface area (Å²) in [5.41, 5.74) is 6.06. The highest BCUT2D eigenvalue weighted by Gasteiger charge is 2.17. The van der Waals surface area contributed by atoms with Gasteiger partial charge < -0.3 is 5.73 Å². The lowest BCUT2D eigenvalue weighted by molar-refractivity contribution is 0.196. The van der Waals surface area contributed by atoms with Gasteiger partial charge in [-0.3, -0.25) is 4.90 Å². The van der Waals surface area contributed by atoms with Crippen LogP contribution >= 0.6 is 11.3 Å². The molecule has 0 atom stereocenters. The Labute approximate surface area is 116 Å². The van der Waals surface area contributed by atoms with Crippen LogP contribution in [0.1, 0.15) is 45.4 Å². The molecule has 0 aliphatic rings. The van der Waals surface area contributed by atoms with E-state index in [4.69, 9.17) is 5.73 Å². The van der Waals surface area contributed by atoms with E-state index in [1.54, 1.807) is 0 Å². The van der Waals surface area contributed by atoms with Crippen molar-refractivity contribution in [2.45, 2.75) is 53.1 Å². The molecule has 2 nitrogen and oxygen atoms in total. The van der Waals surface area contributed by atoms with Gasteiger partial charge in [-0.15, -0.1) is 11.3 Å². The van der Waals surface area contributed by atoms with Crippen LogP contribution in [0.25, 0.3) is 0 Å². The van der Waals surface area contributed by atoms with Crippen molar-refractivity contribution < 1.29 is 0 Å². The summed E-state index contributed by atoms with van der Waals surface area (Å²) in [7, 11) is 0. The molecule has 0 saturated heterocycles. The van der Waals surface area contributed by atoms with E-state index in [0.717, 1.165) is 13.1 Å². The van der Waals surface area contributed by atoms with Crippen LogP contribution in [0, 0.1) is 5.41 Å². The van der Waals surface area contributed by atoms with Crippen molar-refractivity contribution in [1.29, 1.82) is 0 Å². The minimum Gasteiger partial charge on any atom is -0.330 e. The monoisotopic (exact) mass is 268 g/mol. The molecule has 104 valence electrons. The largest absolute Gasteiger partial charge is 0.330 e. The highest BCUT2D eigenvalue weighted by molar-refractivity contribution is 7.09. The minimum atomic E-state index is 0.283. The van der Waals surface area contributed by atoms with E-state index < -0.39 is 0 Å². The van der Waals surface area contributed by atoms with Crippen LogP contribution in [-0.4, -0.2) is 24.0 Å². The van der Waals surface area contributed by atoms with Gasteiger partial charge in [0.05, 0.1) is 0 Å². The van der Waals surface area contributed by atoms with Gasteiger partial charge in [0.1, 0.15) is 0 Å². The summed E-state index contributed by atoms with van der Waals surface area (Å²) in [6, 6.07) is 4.97. The molecule has 18 heavy (non-hydrogen) atoms. The van der Waals surface area contributed by atoms with Gasteiger partial charge in [0.25, 0.3) is 0 Å². The molecule has 0 radical (unpaired) electrons.